The van der Waals surface area contributed by atoms with Gasteiger partial charge in [0.15, 0.2) is 0 Å². The lowest BCUT2D eigenvalue weighted by atomic mass is 10.2. The number of hydrogen-bond donors (Lipinski definition) is 0. The predicted molar refractivity (Wildman–Crippen MR) is 70.5 cm³/mol. The highest BCUT2D eigenvalue weighted by Gasteiger charge is 2.05. The summed E-state index contributed by atoms with van der Waals surface area (Å²) in [5, 5.41) is 1.87. The molecule has 0 aliphatic rings. The molecular formula is C14H15OP. The number of aryl methyl sites for hydroxylation is 1. The predicted octanol–water partition coefficient (Wildman–Crippen LogP) is 2.76. The third-order valence-corrected chi connectivity index (χ3v) is 4.38. The molecule has 0 saturated heterocycles. The summed E-state index contributed by atoms with van der Waals surface area (Å²) in [4.78, 5) is 0. The molecule has 0 aliphatic carbocycles. The Labute approximate surface area is 96.9 Å². The fourth-order valence-corrected chi connectivity index (χ4v) is 2.95. The van der Waals surface area contributed by atoms with E-state index in [1.807, 2.05) is 42.5 Å². The quantitative estimate of drug-likeness (QED) is 0.741. The second-order valence-corrected chi connectivity index (χ2v) is 5.56. The van der Waals surface area contributed by atoms with Gasteiger partial charge in [-0.2, -0.15) is 0 Å². The van der Waals surface area contributed by atoms with E-state index in [4.69, 9.17) is 0 Å². The summed E-state index contributed by atoms with van der Waals surface area (Å²) < 4.78 is 12.2. The molecule has 16 heavy (non-hydrogen) atoms. The van der Waals surface area contributed by atoms with E-state index in [0.717, 1.165) is 17.0 Å². The van der Waals surface area contributed by atoms with Crippen LogP contribution in [0.25, 0.3) is 0 Å². The Balaban J connectivity index is 2.28. The van der Waals surface area contributed by atoms with Crippen LogP contribution in [0.5, 0.6) is 0 Å². The third kappa shape index (κ3) is 2.43. The highest BCUT2D eigenvalue weighted by atomic mass is 31.1. The minimum Gasteiger partial charge on any atom is -0.317 e. The molecule has 2 aromatic carbocycles. The second-order valence-electron chi connectivity index (χ2n) is 3.75. The molecule has 0 amide bonds. The molecule has 2 aromatic rings. The highest BCUT2D eigenvalue weighted by Crippen LogP contribution is 2.19. The zero-order valence-corrected chi connectivity index (χ0v) is 10.3. The van der Waals surface area contributed by atoms with Crippen molar-refractivity contribution in [3.05, 3.63) is 60.2 Å². The summed E-state index contributed by atoms with van der Waals surface area (Å²) in [6.45, 7) is 2.12. The molecule has 0 aromatic heterocycles. The molecule has 0 bridgehead atoms. The van der Waals surface area contributed by atoms with Gasteiger partial charge in [0.1, 0.15) is 7.80 Å². The summed E-state index contributed by atoms with van der Waals surface area (Å²) in [5.74, 6) is 0. The first-order chi connectivity index (χ1) is 7.81. The van der Waals surface area contributed by atoms with Gasteiger partial charge in [0.25, 0.3) is 0 Å². The standard InChI is InChI=1S/C14H15OP/c1-2-12-8-10-14(11-9-12)16(15)13-6-4-3-5-7-13/h3-11,16H,2H2,1H3. The highest BCUT2D eigenvalue weighted by molar-refractivity contribution is 7.61. The Morgan fingerprint density at radius 1 is 0.875 bits per heavy atom. The fourth-order valence-electron chi connectivity index (χ4n) is 1.65. The van der Waals surface area contributed by atoms with Crippen molar-refractivity contribution in [1.29, 1.82) is 0 Å². The molecular weight excluding hydrogens is 215 g/mol. The molecule has 2 heteroatoms. The van der Waals surface area contributed by atoms with Crippen molar-refractivity contribution in [2.75, 3.05) is 0 Å². The monoisotopic (exact) mass is 230 g/mol. The van der Waals surface area contributed by atoms with Gasteiger partial charge >= 0.3 is 0 Å². The molecule has 0 aliphatic heterocycles. The lowest BCUT2D eigenvalue weighted by Gasteiger charge is -2.03. The van der Waals surface area contributed by atoms with Crippen molar-refractivity contribution in [2.45, 2.75) is 13.3 Å². The maximum Gasteiger partial charge on any atom is 0.131 e. The van der Waals surface area contributed by atoms with Crippen LogP contribution in [0.2, 0.25) is 0 Å². The van der Waals surface area contributed by atoms with Crippen LogP contribution in [0.15, 0.2) is 54.6 Å². The van der Waals surface area contributed by atoms with Crippen molar-refractivity contribution < 1.29 is 4.57 Å². The maximum absolute atomic E-state index is 12.2. The van der Waals surface area contributed by atoms with Crippen LogP contribution >= 0.6 is 7.80 Å². The smallest absolute Gasteiger partial charge is 0.131 e. The van der Waals surface area contributed by atoms with Crippen LogP contribution in [0.4, 0.5) is 0 Å². The Morgan fingerprint density at radius 2 is 1.44 bits per heavy atom. The Hall–Kier alpha value is -1.33. The second kappa shape index (κ2) is 5.14. The van der Waals surface area contributed by atoms with Crippen molar-refractivity contribution in [2.24, 2.45) is 0 Å². The molecule has 1 nitrogen and oxygen atoms in total. The summed E-state index contributed by atoms with van der Waals surface area (Å²) in [6, 6.07) is 17.7. The lowest BCUT2D eigenvalue weighted by Crippen LogP contribution is -2.05. The molecule has 0 saturated carbocycles. The van der Waals surface area contributed by atoms with Crippen molar-refractivity contribution in [3.8, 4) is 0 Å². The van der Waals surface area contributed by atoms with E-state index < -0.39 is 7.80 Å². The molecule has 0 N–H and O–H groups in total. The maximum atomic E-state index is 12.2. The van der Waals surface area contributed by atoms with Gasteiger partial charge in [0, 0.05) is 10.6 Å². The van der Waals surface area contributed by atoms with Gasteiger partial charge in [-0.15, -0.1) is 0 Å². The number of hydrogen-bond acceptors (Lipinski definition) is 1. The van der Waals surface area contributed by atoms with Crippen molar-refractivity contribution in [3.63, 3.8) is 0 Å². The van der Waals surface area contributed by atoms with E-state index in [9.17, 15) is 4.57 Å². The van der Waals surface area contributed by atoms with Crippen LogP contribution in [0.3, 0.4) is 0 Å². The van der Waals surface area contributed by atoms with Gasteiger partial charge in [0.2, 0.25) is 0 Å². The van der Waals surface area contributed by atoms with Gasteiger partial charge in [-0.05, 0) is 12.0 Å². The zero-order chi connectivity index (χ0) is 11.4. The van der Waals surface area contributed by atoms with Crippen LogP contribution in [-0.4, -0.2) is 0 Å². The molecule has 0 radical (unpaired) electrons. The van der Waals surface area contributed by atoms with Gasteiger partial charge < -0.3 is 4.57 Å². The van der Waals surface area contributed by atoms with Crippen LogP contribution in [0.1, 0.15) is 12.5 Å². The molecule has 0 fully saturated rings. The van der Waals surface area contributed by atoms with E-state index >= 15 is 0 Å². The molecule has 0 heterocycles. The average Bonchev–Trinajstić information content (AvgIpc) is 2.39. The minimum atomic E-state index is -1.82. The average molecular weight is 230 g/mol. The third-order valence-electron chi connectivity index (χ3n) is 2.66. The van der Waals surface area contributed by atoms with Crippen LogP contribution < -0.4 is 10.6 Å². The van der Waals surface area contributed by atoms with E-state index in [2.05, 4.69) is 19.1 Å². The Morgan fingerprint density at radius 3 is 2.00 bits per heavy atom. The van der Waals surface area contributed by atoms with Crippen molar-refractivity contribution >= 4 is 18.4 Å². The number of rotatable bonds is 3. The van der Waals surface area contributed by atoms with Crippen LogP contribution in [0, 0.1) is 0 Å². The first-order valence-electron chi connectivity index (χ1n) is 5.50. The van der Waals surface area contributed by atoms with Crippen LogP contribution in [-0.2, 0) is 11.0 Å². The van der Waals surface area contributed by atoms with E-state index in [-0.39, 0.29) is 0 Å². The number of benzene rings is 2. The normalized spacial score (nSPS) is 12.3. The topological polar surface area (TPSA) is 17.1 Å². The molecule has 1 unspecified atom stereocenters. The van der Waals surface area contributed by atoms with Gasteiger partial charge in [-0.25, -0.2) is 0 Å². The molecule has 82 valence electrons. The first-order valence-corrected chi connectivity index (χ1v) is 6.91. The van der Waals surface area contributed by atoms with Crippen molar-refractivity contribution in [1.82, 2.24) is 0 Å². The lowest BCUT2D eigenvalue weighted by molar-refractivity contribution is 0.598. The van der Waals surface area contributed by atoms with Gasteiger partial charge in [0.05, 0.1) is 0 Å². The SMILES string of the molecule is CCc1ccc([PH](=O)c2ccccc2)cc1. The summed E-state index contributed by atoms with van der Waals surface area (Å²) in [5.41, 5.74) is 1.28. The van der Waals surface area contributed by atoms with Gasteiger partial charge in [-0.3, -0.25) is 0 Å². The van der Waals surface area contributed by atoms with E-state index in [1.54, 1.807) is 0 Å². The Kier molecular flexibility index (Phi) is 3.58. The molecule has 2 rings (SSSR count). The van der Waals surface area contributed by atoms with E-state index in [0.29, 0.717) is 0 Å². The molecule has 0 spiro atoms. The van der Waals surface area contributed by atoms with E-state index in [1.165, 1.54) is 5.56 Å². The van der Waals surface area contributed by atoms with Gasteiger partial charge in [-0.1, -0.05) is 61.5 Å². The fraction of sp³-hybridized carbons (Fsp3) is 0.143. The Bertz CT molecular complexity index is 474. The summed E-state index contributed by atoms with van der Waals surface area (Å²) in [6.07, 6.45) is 1.02. The molecule has 1 atom stereocenters. The summed E-state index contributed by atoms with van der Waals surface area (Å²) >= 11 is 0. The minimum absolute atomic E-state index is 0.928. The summed E-state index contributed by atoms with van der Waals surface area (Å²) in [7, 11) is -1.82. The zero-order valence-electron chi connectivity index (χ0n) is 9.31. The first kappa shape index (κ1) is 11.2. The largest absolute Gasteiger partial charge is 0.317 e.